The number of rotatable bonds is 9. The number of amides is 1. The van der Waals surface area contributed by atoms with Crippen LogP contribution in [0.15, 0.2) is 73.2 Å². The Morgan fingerprint density at radius 1 is 0.950 bits per heavy atom. The second-order valence-corrected chi connectivity index (χ2v) is 10.3. The predicted molar refractivity (Wildman–Crippen MR) is 156 cm³/mol. The zero-order valence-corrected chi connectivity index (χ0v) is 22.8. The number of aromatic nitrogens is 4. The van der Waals surface area contributed by atoms with Crippen LogP contribution in [-0.4, -0.2) is 44.0 Å². The van der Waals surface area contributed by atoms with Crippen molar-refractivity contribution in [2.45, 2.75) is 45.3 Å². The first-order valence-corrected chi connectivity index (χ1v) is 13.5. The third kappa shape index (κ3) is 6.89. The van der Waals surface area contributed by atoms with E-state index in [1.165, 1.54) is 31.1 Å². The van der Waals surface area contributed by atoms with E-state index in [1.807, 2.05) is 24.3 Å². The van der Waals surface area contributed by atoms with Gasteiger partial charge in [0.2, 0.25) is 5.95 Å². The van der Waals surface area contributed by atoms with Gasteiger partial charge in [0.25, 0.3) is 5.91 Å². The minimum absolute atomic E-state index is 0.255. The van der Waals surface area contributed by atoms with Gasteiger partial charge in [0.15, 0.2) is 0 Å². The van der Waals surface area contributed by atoms with E-state index >= 15 is 0 Å². The maximum absolute atomic E-state index is 13.2. The number of anilines is 5. The fraction of sp³-hybridized carbons (Fsp3) is 0.300. The largest absolute Gasteiger partial charge is 0.384 e. The summed E-state index contributed by atoms with van der Waals surface area (Å²) in [5.74, 6) is 0.709. The van der Waals surface area contributed by atoms with Crippen molar-refractivity contribution in [2.24, 2.45) is 0 Å². The lowest BCUT2D eigenvalue weighted by atomic mass is 10.1. The van der Waals surface area contributed by atoms with Crippen LogP contribution in [0.1, 0.15) is 54.7 Å². The molecule has 10 heteroatoms. The highest BCUT2D eigenvalue weighted by Crippen LogP contribution is 2.25. The van der Waals surface area contributed by atoms with Gasteiger partial charge < -0.3 is 26.0 Å². The van der Waals surface area contributed by atoms with E-state index in [1.54, 1.807) is 44.4 Å². The van der Waals surface area contributed by atoms with Gasteiger partial charge in [-0.05, 0) is 81.1 Å². The number of aliphatic hydroxyl groups is 1. The fourth-order valence-electron chi connectivity index (χ4n) is 4.49. The molecule has 1 fully saturated rings. The van der Waals surface area contributed by atoms with Crippen LogP contribution in [0.4, 0.5) is 29.0 Å². The Hall–Kier alpha value is -4.57. The van der Waals surface area contributed by atoms with Crippen molar-refractivity contribution in [3.63, 3.8) is 0 Å². The van der Waals surface area contributed by atoms with Crippen molar-refractivity contribution in [1.29, 1.82) is 0 Å². The van der Waals surface area contributed by atoms with E-state index in [-0.39, 0.29) is 17.3 Å². The quantitative estimate of drug-likeness (QED) is 0.235. The fourth-order valence-corrected chi connectivity index (χ4v) is 4.49. The number of carbonyl (C=O) groups is 1. The normalized spacial score (nSPS) is 13.5. The highest BCUT2D eigenvalue weighted by molar-refractivity contribution is 5.99. The molecule has 10 nitrogen and oxygen atoms in total. The summed E-state index contributed by atoms with van der Waals surface area (Å²) in [6, 6.07) is 17.2. The molecule has 40 heavy (non-hydrogen) atoms. The lowest BCUT2D eigenvalue weighted by molar-refractivity contribution is 0.0740. The minimum Gasteiger partial charge on any atom is -0.384 e. The van der Waals surface area contributed by atoms with Crippen LogP contribution in [0.3, 0.4) is 0 Å². The number of piperidine rings is 1. The Labute approximate surface area is 233 Å². The predicted octanol–water partition coefficient (Wildman–Crippen LogP) is 4.90. The summed E-state index contributed by atoms with van der Waals surface area (Å²) < 4.78 is 0. The third-order valence-corrected chi connectivity index (χ3v) is 6.68. The average molecular weight is 539 g/mol. The molecule has 1 aromatic carbocycles. The first kappa shape index (κ1) is 27.0. The van der Waals surface area contributed by atoms with Crippen molar-refractivity contribution in [3.05, 3.63) is 90.0 Å². The number of benzene rings is 1. The number of pyridine rings is 2. The van der Waals surface area contributed by atoms with Crippen molar-refractivity contribution in [2.75, 3.05) is 28.6 Å². The molecule has 4 heterocycles. The average Bonchev–Trinajstić information content (AvgIpc) is 2.97. The van der Waals surface area contributed by atoms with E-state index < -0.39 is 5.60 Å². The van der Waals surface area contributed by atoms with Gasteiger partial charge in [-0.3, -0.25) is 9.78 Å². The van der Waals surface area contributed by atoms with Crippen LogP contribution >= 0.6 is 0 Å². The smallest absolute Gasteiger partial charge is 0.256 e. The lowest BCUT2D eigenvalue weighted by Crippen LogP contribution is -2.29. The van der Waals surface area contributed by atoms with Gasteiger partial charge in [0.1, 0.15) is 22.8 Å². The van der Waals surface area contributed by atoms with Crippen molar-refractivity contribution in [3.8, 4) is 0 Å². The molecule has 1 saturated heterocycles. The van der Waals surface area contributed by atoms with Gasteiger partial charge in [-0.1, -0.05) is 12.1 Å². The minimum atomic E-state index is -1.12. The Morgan fingerprint density at radius 3 is 2.48 bits per heavy atom. The SMILES string of the molecule is CC(C)(O)c1cccc(Nc2nc(Nc3ccc(N4CCCCC4)cc3)ncc2C(=O)NCc2cccnc2)n1. The standard InChI is InChI=1S/C30H34N8O2/c1-30(2,40)25-9-6-10-26(35-25)36-27-24(28(39)32-19-21-8-7-15-31-18-21)20-33-29(37-27)34-22-11-13-23(14-12-22)38-16-4-3-5-17-38/h6-15,18,20,40H,3-5,16-17,19H2,1-2H3,(H,32,39)(H2,33,34,35,36,37). The first-order chi connectivity index (χ1) is 19.3. The molecule has 0 atom stereocenters. The molecule has 0 unspecified atom stereocenters. The van der Waals surface area contributed by atoms with Crippen LogP contribution in [0.5, 0.6) is 0 Å². The lowest BCUT2D eigenvalue weighted by Gasteiger charge is -2.28. The molecular weight excluding hydrogens is 504 g/mol. The molecule has 0 bridgehead atoms. The Morgan fingerprint density at radius 2 is 1.75 bits per heavy atom. The van der Waals surface area contributed by atoms with Gasteiger partial charge in [0, 0.05) is 49.6 Å². The molecule has 1 aliphatic rings. The van der Waals surface area contributed by atoms with Gasteiger partial charge >= 0.3 is 0 Å². The number of hydrogen-bond acceptors (Lipinski definition) is 9. The molecule has 0 aliphatic carbocycles. The van der Waals surface area contributed by atoms with Crippen LogP contribution in [0, 0.1) is 0 Å². The topological polar surface area (TPSA) is 128 Å². The van der Waals surface area contributed by atoms with Crippen LogP contribution in [0.2, 0.25) is 0 Å². The molecule has 0 spiro atoms. The molecule has 4 aromatic rings. The van der Waals surface area contributed by atoms with Crippen molar-refractivity contribution in [1.82, 2.24) is 25.3 Å². The number of carbonyl (C=O) groups excluding carboxylic acids is 1. The molecule has 206 valence electrons. The number of nitrogens with zero attached hydrogens (tertiary/aromatic N) is 5. The maximum Gasteiger partial charge on any atom is 0.256 e. The molecule has 5 rings (SSSR count). The van der Waals surface area contributed by atoms with Gasteiger partial charge in [-0.25, -0.2) is 9.97 Å². The Kier molecular flexibility index (Phi) is 8.16. The Balaban J connectivity index is 1.38. The Bertz CT molecular complexity index is 1430. The summed E-state index contributed by atoms with van der Waals surface area (Å²) in [5.41, 5.74) is 2.53. The maximum atomic E-state index is 13.2. The molecule has 1 amide bonds. The zero-order valence-electron chi connectivity index (χ0n) is 22.8. The van der Waals surface area contributed by atoms with E-state index in [4.69, 9.17) is 0 Å². The van der Waals surface area contributed by atoms with Crippen molar-refractivity contribution < 1.29 is 9.90 Å². The molecular formula is C30H34N8O2. The molecule has 3 aromatic heterocycles. The summed E-state index contributed by atoms with van der Waals surface area (Å²) in [6.07, 6.45) is 8.60. The molecule has 4 N–H and O–H groups in total. The number of hydrogen-bond donors (Lipinski definition) is 4. The van der Waals surface area contributed by atoms with Crippen LogP contribution in [-0.2, 0) is 12.1 Å². The molecule has 0 radical (unpaired) electrons. The van der Waals surface area contributed by atoms with Crippen LogP contribution in [0.25, 0.3) is 0 Å². The summed E-state index contributed by atoms with van der Waals surface area (Å²) in [4.78, 5) is 33.2. The van der Waals surface area contributed by atoms with Gasteiger partial charge in [0.05, 0.1) is 5.69 Å². The highest BCUT2D eigenvalue weighted by Gasteiger charge is 2.20. The highest BCUT2D eigenvalue weighted by atomic mass is 16.3. The summed E-state index contributed by atoms with van der Waals surface area (Å²) in [6.45, 7) is 5.80. The van der Waals surface area contributed by atoms with E-state index in [0.717, 1.165) is 24.3 Å². The zero-order chi connectivity index (χ0) is 28.0. The van der Waals surface area contributed by atoms with Crippen molar-refractivity contribution >= 4 is 34.9 Å². The first-order valence-electron chi connectivity index (χ1n) is 13.5. The number of nitrogens with one attached hydrogen (secondary N) is 3. The second-order valence-electron chi connectivity index (χ2n) is 10.3. The summed E-state index contributed by atoms with van der Waals surface area (Å²) >= 11 is 0. The summed E-state index contributed by atoms with van der Waals surface area (Å²) in [7, 11) is 0. The molecule has 1 aliphatic heterocycles. The second kappa shape index (κ2) is 12.1. The van der Waals surface area contributed by atoms with Gasteiger partial charge in [-0.2, -0.15) is 4.98 Å². The van der Waals surface area contributed by atoms with Crippen LogP contribution < -0.4 is 20.9 Å². The van der Waals surface area contributed by atoms with Gasteiger partial charge in [-0.15, -0.1) is 0 Å². The van der Waals surface area contributed by atoms with E-state index in [2.05, 4.69) is 52.9 Å². The third-order valence-electron chi connectivity index (χ3n) is 6.68. The monoisotopic (exact) mass is 538 g/mol. The molecule has 0 saturated carbocycles. The van der Waals surface area contributed by atoms with E-state index in [0.29, 0.717) is 24.0 Å². The summed E-state index contributed by atoms with van der Waals surface area (Å²) in [5, 5.41) is 19.7. The van der Waals surface area contributed by atoms with E-state index in [9.17, 15) is 9.90 Å².